The molecule has 1 fully saturated rings. The number of ether oxygens (including phenoxy) is 1. The first-order valence-electron chi connectivity index (χ1n) is 8.40. The Morgan fingerprint density at radius 3 is 2.61 bits per heavy atom. The van der Waals surface area contributed by atoms with E-state index in [9.17, 15) is 4.79 Å². The van der Waals surface area contributed by atoms with Gasteiger partial charge < -0.3 is 14.5 Å². The summed E-state index contributed by atoms with van der Waals surface area (Å²) in [5.41, 5.74) is 0.778. The van der Waals surface area contributed by atoms with E-state index in [0.717, 1.165) is 50.2 Å². The van der Waals surface area contributed by atoms with Gasteiger partial charge in [-0.3, -0.25) is 9.69 Å². The first-order valence-corrected chi connectivity index (χ1v) is 8.40. The van der Waals surface area contributed by atoms with Gasteiger partial charge in [0.25, 0.3) is 0 Å². The van der Waals surface area contributed by atoms with E-state index in [2.05, 4.69) is 36.0 Å². The van der Waals surface area contributed by atoms with E-state index < -0.39 is 0 Å². The quantitative estimate of drug-likeness (QED) is 0.862. The molecular weight excluding hydrogens is 294 g/mol. The molecule has 6 nitrogen and oxygen atoms in total. The number of hydrogen-bond acceptors (Lipinski definition) is 5. The summed E-state index contributed by atoms with van der Waals surface area (Å²) >= 11 is 0. The number of morpholine rings is 1. The molecule has 1 aromatic heterocycles. The zero-order chi connectivity index (χ0) is 16.9. The van der Waals surface area contributed by atoms with Crippen LogP contribution in [0.3, 0.4) is 0 Å². The standard InChI is InChI=1S/C17H29N3O3/c1-13-14(23-16(19-13)17(2,3)4)5-6-15(21)18-7-8-20-9-11-22-12-10-20/h5-12H2,1-4H3,(H,18,21). The zero-order valence-electron chi connectivity index (χ0n) is 14.8. The van der Waals surface area contributed by atoms with Crippen molar-refractivity contribution in [3.63, 3.8) is 0 Å². The fraction of sp³-hybridized carbons (Fsp3) is 0.765. The number of carbonyl (C=O) groups is 1. The lowest BCUT2D eigenvalue weighted by molar-refractivity contribution is -0.121. The van der Waals surface area contributed by atoms with Crippen molar-refractivity contribution in [2.24, 2.45) is 0 Å². The number of carbonyl (C=O) groups excluding carboxylic acids is 1. The van der Waals surface area contributed by atoms with Crippen LogP contribution >= 0.6 is 0 Å². The van der Waals surface area contributed by atoms with Gasteiger partial charge in [0.05, 0.1) is 18.9 Å². The summed E-state index contributed by atoms with van der Waals surface area (Å²) in [5.74, 6) is 1.61. The molecule has 2 heterocycles. The van der Waals surface area contributed by atoms with Gasteiger partial charge in [-0.1, -0.05) is 20.8 Å². The van der Waals surface area contributed by atoms with Crippen molar-refractivity contribution in [2.45, 2.75) is 46.0 Å². The van der Waals surface area contributed by atoms with Gasteiger partial charge in [0.1, 0.15) is 5.76 Å². The minimum atomic E-state index is -0.108. The van der Waals surface area contributed by atoms with Crippen molar-refractivity contribution >= 4 is 5.91 Å². The minimum Gasteiger partial charge on any atom is -0.445 e. The van der Waals surface area contributed by atoms with Crippen LogP contribution in [0.25, 0.3) is 0 Å². The van der Waals surface area contributed by atoms with Gasteiger partial charge in [-0.25, -0.2) is 4.98 Å². The lowest BCUT2D eigenvalue weighted by atomic mass is 9.97. The number of nitrogens with zero attached hydrogens (tertiary/aromatic N) is 2. The Labute approximate surface area is 138 Å². The Morgan fingerprint density at radius 2 is 2.00 bits per heavy atom. The van der Waals surface area contributed by atoms with Crippen LogP contribution in [0.1, 0.15) is 44.5 Å². The molecule has 1 amide bonds. The number of aryl methyl sites for hydroxylation is 2. The van der Waals surface area contributed by atoms with Crippen LogP contribution in [0.5, 0.6) is 0 Å². The first kappa shape index (κ1) is 17.9. The van der Waals surface area contributed by atoms with Gasteiger partial charge in [-0.2, -0.15) is 0 Å². The molecule has 0 spiro atoms. The number of amides is 1. The lowest BCUT2D eigenvalue weighted by Gasteiger charge is -2.26. The van der Waals surface area contributed by atoms with E-state index in [1.807, 2.05) is 6.92 Å². The number of hydrogen-bond donors (Lipinski definition) is 1. The third kappa shape index (κ3) is 5.62. The molecule has 130 valence electrons. The van der Waals surface area contributed by atoms with Crippen molar-refractivity contribution in [1.29, 1.82) is 0 Å². The highest BCUT2D eigenvalue weighted by Gasteiger charge is 2.22. The molecule has 6 heteroatoms. The SMILES string of the molecule is Cc1nc(C(C)(C)C)oc1CCC(=O)NCCN1CCOCC1. The first-order chi connectivity index (χ1) is 10.9. The molecule has 1 saturated heterocycles. The van der Waals surface area contributed by atoms with Crippen molar-refractivity contribution in [2.75, 3.05) is 39.4 Å². The van der Waals surface area contributed by atoms with Crippen molar-refractivity contribution in [3.8, 4) is 0 Å². The van der Waals surface area contributed by atoms with Crippen LogP contribution in [0, 0.1) is 6.92 Å². The molecule has 0 radical (unpaired) electrons. The van der Waals surface area contributed by atoms with Crippen LogP contribution in [0.15, 0.2) is 4.42 Å². The summed E-state index contributed by atoms with van der Waals surface area (Å²) in [6, 6.07) is 0. The smallest absolute Gasteiger partial charge is 0.220 e. The van der Waals surface area contributed by atoms with E-state index in [1.165, 1.54) is 0 Å². The highest BCUT2D eigenvalue weighted by atomic mass is 16.5. The normalized spacial score (nSPS) is 16.5. The van der Waals surface area contributed by atoms with Gasteiger partial charge >= 0.3 is 0 Å². The van der Waals surface area contributed by atoms with Gasteiger partial charge in [0, 0.05) is 44.4 Å². The number of oxazole rings is 1. The maximum atomic E-state index is 12.0. The molecule has 1 aromatic rings. The molecule has 2 rings (SSSR count). The van der Waals surface area contributed by atoms with Gasteiger partial charge in [0.2, 0.25) is 5.91 Å². The fourth-order valence-corrected chi connectivity index (χ4v) is 2.47. The summed E-state index contributed by atoms with van der Waals surface area (Å²) in [6.07, 6.45) is 1.03. The average Bonchev–Trinajstić information content (AvgIpc) is 2.88. The van der Waals surface area contributed by atoms with Crippen LogP contribution in [0.2, 0.25) is 0 Å². The topological polar surface area (TPSA) is 67.6 Å². The Balaban J connectivity index is 1.70. The molecular formula is C17H29N3O3. The van der Waals surface area contributed by atoms with E-state index in [1.54, 1.807) is 0 Å². The Kier molecular flexibility index (Phi) is 6.18. The Morgan fingerprint density at radius 1 is 1.30 bits per heavy atom. The summed E-state index contributed by atoms with van der Waals surface area (Å²) in [7, 11) is 0. The molecule has 1 N–H and O–H groups in total. The Hall–Kier alpha value is -1.40. The second-order valence-corrected chi connectivity index (χ2v) is 7.08. The number of rotatable bonds is 6. The van der Waals surface area contributed by atoms with Crippen molar-refractivity contribution < 1.29 is 13.9 Å². The predicted molar refractivity (Wildman–Crippen MR) is 88.5 cm³/mol. The van der Waals surface area contributed by atoms with Gasteiger partial charge in [-0.15, -0.1) is 0 Å². The maximum Gasteiger partial charge on any atom is 0.220 e. The summed E-state index contributed by atoms with van der Waals surface area (Å²) in [4.78, 5) is 18.7. The highest BCUT2D eigenvalue weighted by Crippen LogP contribution is 2.24. The van der Waals surface area contributed by atoms with Crippen LogP contribution in [-0.2, 0) is 21.4 Å². The second-order valence-electron chi connectivity index (χ2n) is 7.08. The van der Waals surface area contributed by atoms with Crippen molar-refractivity contribution in [3.05, 3.63) is 17.3 Å². The van der Waals surface area contributed by atoms with E-state index >= 15 is 0 Å². The van der Waals surface area contributed by atoms with Crippen molar-refractivity contribution in [1.82, 2.24) is 15.2 Å². The molecule has 0 unspecified atom stereocenters. The average molecular weight is 323 g/mol. The summed E-state index contributed by atoms with van der Waals surface area (Å²) < 4.78 is 11.1. The molecule has 0 aromatic carbocycles. The number of nitrogens with one attached hydrogen (secondary N) is 1. The minimum absolute atomic E-state index is 0.0615. The van der Waals surface area contributed by atoms with Crippen LogP contribution in [-0.4, -0.2) is 55.2 Å². The molecule has 0 bridgehead atoms. The zero-order valence-corrected chi connectivity index (χ0v) is 14.8. The molecule has 0 aliphatic carbocycles. The molecule has 0 saturated carbocycles. The second kappa shape index (κ2) is 7.93. The largest absolute Gasteiger partial charge is 0.445 e. The summed E-state index contributed by atoms with van der Waals surface area (Å²) in [5, 5.41) is 2.97. The highest BCUT2D eigenvalue weighted by molar-refractivity contribution is 5.76. The van der Waals surface area contributed by atoms with Gasteiger partial charge in [-0.05, 0) is 6.92 Å². The molecule has 1 aliphatic rings. The Bertz CT molecular complexity index is 514. The third-order valence-corrected chi connectivity index (χ3v) is 3.97. The molecule has 0 atom stereocenters. The van der Waals surface area contributed by atoms with E-state index in [-0.39, 0.29) is 11.3 Å². The monoisotopic (exact) mass is 323 g/mol. The van der Waals surface area contributed by atoms with E-state index in [4.69, 9.17) is 9.15 Å². The van der Waals surface area contributed by atoms with Gasteiger partial charge in [0.15, 0.2) is 5.89 Å². The maximum absolute atomic E-state index is 12.0. The third-order valence-electron chi connectivity index (χ3n) is 3.97. The fourth-order valence-electron chi connectivity index (χ4n) is 2.47. The predicted octanol–water partition coefficient (Wildman–Crippen LogP) is 1.66. The summed E-state index contributed by atoms with van der Waals surface area (Å²) in [6.45, 7) is 13.2. The lowest BCUT2D eigenvalue weighted by Crippen LogP contribution is -2.41. The van der Waals surface area contributed by atoms with Crippen LogP contribution in [0.4, 0.5) is 0 Å². The van der Waals surface area contributed by atoms with E-state index in [0.29, 0.717) is 19.4 Å². The number of aromatic nitrogens is 1. The molecule has 1 aliphatic heterocycles. The molecule has 23 heavy (non-hydrogen) atoms. The van der Waals surface area contributed by atoms with Crippen LogP contribution < -0.4 is 5.32 Å².